The third kappa shape index (κ3) is 2.61. The van der Waals surface area contributed by atoms with E-state index in [1.54, 1.807) is 19.1 Å². The number of aromatic hydroxyl groups is 1. The largest absolute Gasteiger partial charge is 0.508 e. The van der Waals surface area contributed by atoms with Crippen LogP contribution < -0.4 is 10.9 Å². The zero-order chi connectivity index (χ0) is 17.4. The minimum absolute atomic E-state index is 0.0922. The Balaban J connectivity index is 2.31. The van der Waals surface area contributed by atoms with Gasteiger partial charge in [-0.2, -0.15) is 0 Å². The molecule has 24 heavy (non-hydrogen) atoms. The first-order valence-corrected chi connectivity index (χ1v) is 7.54. The molecule has 1 atom stereocenters. The van der Waals surface area contributed by atoms with E-state index < -0.39 is 17.4 Å². The number of esters is 1. The third-order valence-electron chi connectivity index (χ3n) is 3.91. The van der Waals surface area contributed by atoms with Gasteiger partial charge in [0.05, 0.1) is 24.2 Å². The van der Waals surface area contributed by atoms with Crippen LogP contribution in [0.4, 0.5) is 5.82 Å². The SMILES string of the molecule is COC(=O)C1=C(C)Nc2[nH]c(=S)[nH]c(=O)c2[C@@H]1c1ccc(O)cc1. The summed E-state index contributed by atoms with van der Waals surface area (Å²) in [5, 5.41) is 12.5. The highest BCUT2D eigenvalue weighted by atomic mass is 32.1. The van der Waals surface area contributed by atoms with Gasteiger partial charge in [0.25, 0.3) is 5.56 Å². The molecule has 1 aromatic carbocycles. The van der Waals surface area contributed by atoms with Crippen LogP contribution >= 0.6 is 12.2 Å². The van der Waals surface area contributed by atoms with Crippen LogP contribution in [0, 0.1) is 4.77 Å². The molecule has 2 heterocycles. The summed E-state index contributed by atoms with van der Waals surface area (Å²) < 4.78 is 5.07. The average Bonchev–Trinajstić information content (AvgIpc) is 2.53. The highest BCUT2D eigenvalue weighted by Gasteiger charge is 2.35. The monoisotopic (exact) mass is 345 g/mol. The fourth-order valence-electron chi connectivity index (χ4n) is 2.87. The van der Waals surface area contributed by atoms with Gasteiger partial charge in [-0.05, 0) is 36.8 Å². The molecule has 0 bridgehead atoms. The van der Waals surface area contributed by atoms with Crippen molar-refractivity contribution in [3.05, 3.63) is 61.8 Å². The fourth-order valence-corrected chi connectivity index (χ4v) is 3.06. The number of ether oxygens (including phenoxy) is 1. The summed E-state index contributed by atoms with van der Waals surface area (Å²) in [5.74, 6) is -0.656. The molecule has 0 radical (unpaired) electrons. The molecular formula is C16H15N3O4S. The van der Waals surface area contributed by atoms with E-state index in [0.29, 0.717) is 28.2 Å². The van der Waals surface area contributed by atoms with E-state index in [4.69, 9.17) is 17.0 Å². The van der Waals surface area contributed by atoms with Crippen molar-refractivity contribution in [1.82, 2.24) is 9.97 Å². The number of aromatic nitrogens is 2. The minimum Gasteiger partial charge on any atom is -0.508 e. The molecule has 0 fully saturated rings. The summed E-state index contributed by atoms with van der Waals surface area (Å²) in [6, 6.07) is 6.32. The number of nitrogens with one attached hydrogen (secondary N) is 3. The van der Waals surface area contributed by atoms with Crippen molar-refractivity contribution in [1.29, 1.82) is 0 Å². The molecule has 0 saturated heterocycles. The molecule has 3 rings (SSSR count). The number of rotatable bonds is 2. The van der Waals surface area contributed by atoms with Crippen molar-refractivity contribution in [2.45, 2.75) is 12.8 Å². The Morgan fingerprint density at radius 1 is 1.25 bits per heavy atom. The van der Waals surface area contributed by atoms with Crippen molar-refractivity contribution in [2.75, 3.05) is 12.4 Å². The van der Waals surface area contributed by atoms with Gasteiger partial charge in [0, 0.05) is 5.70 Å². The van der Waals surface area contributed by atoms with Gasteiger partial charge in [0.1, 0.15) is 11.6 Å². The minimum atomic E-state index is -0.648. The second-order valence-electron chi connectivity index (χ2n) is 5.38. The lowest BCUT2D eigenvalue weighted by molar-refractivity contribution is -0.136. The molecule has 0 saturated carbocycles. The number of hydrogen-bond donors (Lipinski definition) is 4. The maximum absolute atomic E-state index is 12.5. The van der Waals surface area contributed by atoms with Crippen LogP contribution in [-0.4, -0.2) is 28.2 Å². The zero-order valence-electron chi connectivity index (χ0n) is 13.0. The summed E-state index contributed by atoms with van der Waals surface area (Å²) >= 11 is 5.01. The Hall–Kier alpha value is -2.87. The zero-order valence-corrected chi connectivity index (χ0v) is 13.8. The third-order valence-corrected chi connectivity index (χ3v) is 4.11. The smallest absolute Gasteiger partial charge is 0.336 e. The van der Waals surface area contributed by atoms with Crippen LogP contribution in [0.25, 0.3) is 0 Å². The molecule has 0 spiro atoms. The molecule has 0 unspecified atom stereocenters. The molecule has 1 aromatic heterocycles. The lowest BCUT2D eigenvalue weighted by Gasteiger charge is -2.28. The Labute approximate surface area is 142 Å². The normalized spacial score (nSPS) is 16.3. The molecule has 124 valence electrons. The van der Waals surface area contributed by atoms with Gasteiger partial charge in [-0.25, -0.2) is 4.79 Å². The number of carbonyl (C=O) groups excluding carboxylic acids is 1. The molecule has 1 aliphatic rings. The molecule has 7 nitrogen and oxygen atoms in total. The fraction of sp³-hybridized carbons (Fsp3) is 0.188. The van der Waals surface area contributed by atoms with E-state index in [2.05, 4.69) is 15.3 Å². The summed E-state index contributed by atoms with van der Waals surface area (Å²) in [7, 11) is 1.29. The molecule has 1 aliphatic heterocycles. The molecule has 0 amide bonds. The first kappa shape index (κ1) is 16.0. The van der Waals surface area contributed by atoms with E-state index in [1.165, 1.54) is 19.2 Å². The number of phenolic OH excluding ortho intramolecular Hbond substituents is 1. The predicted octanol–water partition coefficient (Wildman–Crippen LogP) is 2.14. The maximum Gasteiger partial charge on any atom is 0.336 e. The Morgan fingerprint density at radius 3 is 2.54 bits per heavy atom. The van der Waals surface area contributed by atoms with Crippen LogP contribution in [0.3, 0.4) is 0 Å². The van der Waals surface area contributed by atoms with E-state index in [1.807, 2.05) is 0 Å². The second kappa shape index (κ2) is 5.97. The first-order valence-electron chi connectivity index (χ1n) is 7.14. The van der Waals surface area contributed by atoms with Gasteiger partial charge in [0.2, 0.25) is 0 Å². The predicted molar refractivity (Wildman–Crippen MR) is 90.5 cm³/mol. The van der Waals surface area contributed by atoms with E-state index >= 15 is 0 Å². The summed E-state index contributed by atoms with van der Waals surface area (Å²) in [5.41, 5.74) is 1.50. The summed E-state index contributed by atoms with van der Waals surface area (Å²) in [6.45, 7) is 1.72. The molecular weight excluding hydrogens is 330 g/mol. The highest BCUT2D eigenvalue weighted by Crippen LogP contribution is 2.39. The number of hydrogen-bond acceptors (Lipinski definition) is 6. The highest BCUT2D eigenvalue weighted by molar-refractivity contribution is 7.71. The number of H-pyrrole nitrogens is 2. The van der Waals surface area contributed by atoms with Crippen molar-refractivity contribution in [3.8, 4) is 5.75 Å². The van der Waals surface area contributed by atoms with Gasteiger partial charge in [-0.15, -0.1) is 0 Å². The molecule has 0 aliphatic carbocycles. The standard InChI is InChI=1S/C16H15N3O4S/c1-7-10(15(22)23-2)11(8-3-5-9(20)6-4-8)12-13(17-7)18-16(24)19-14(12)21/h3-6,11,20H,1-2H3,(H3,17,18,19,21,24)/t11-/m1/s1. The van der Waals surface area contributed by atoms with E-state index in [-0.39, 0.29) is 10.5 Å². The number of benzene rings is 1. The summed E-state index contributed by atoms with van der Waals surface area (Å²) in [4.78, 5) is 30.2. The van der Waals surface area contributed by atoms with Gasteiger partial charge in [0.15, 0.2) is 4.77 Å². The number of aromatic amines is 2. The number of anilines is 1. The first-order chi connectivity index (χ1) is 11.4. The van der Waals surface area contributed by atoms with Crippen LogP contribution in [0.2, 0.25) is 0 Å². The Morgan fingerprint density at radius 2 is 1.92 bits per heavy atom. The average molecular weight is 345 g/mol. The summed E-state index contributed by atoms with van der Waals surface area (Å²) in [6.07, 6.45) is 0. The van der Waals surface area contributed by atoms with Gasteiger partial charge >= 0.3 is 5.97 Å². The van der Waals surface area contributed by atoms with Crippen molar-refractivity contribution in [3.63, 3.8) is 0 Å². The number of methoxy groups -OCH3 is 1. The van der Waals surface area contributed by atoms with E-state index in [0.717, 1.165) is 0 Å². The maximum atomic E-state index is 12.5. The lowest BCUT2D eigenvalue weighted by atomic mass is 9.82. The van der Waals surface area contributed by atoms with Crippen molar-refractivity contribution < 1.29 is 14.6 Å². The van der Waals surface area contributed by atoms with Crippen LogP contribution in [-0.2, 0) is 9.53 Å². The molecule has 2 aromatic rings. The van der Waals surface area contributed by atoms with Gasteiger partial charge in [-0.3, -0.25) is 9.78 Å². The van der Waals surface area contributed by atoms with Crippen LogP contribution in [0.5, 0.6) is 5.75 Å². The Kier molecular flexibility index (Phi) is 3.98. The van der Waals surface area contributed by atoms with E-state index in [9.17, 15) is 14.7 Å². The molecule has 8 heteroatoms. The number of phenols is 1. The number of carbonyl (C=O) groups is 1. The van der Waals surface area contributed by atoms with Crippen molar-refractivity contribution in [2.24, 2.45) is 0 Å². The van der Waals surface area contributed by atoms with Gasteiger partial charge in [-0.1, -0.05) is 12.1 Å². The van der Waals surface area contributed by atoms with Crippen molar-refractivity contribution >= 4 is 24.0 Å². The Bertz CT molecular complexity index is 957. The van der Waals surface area contributed by atoms with Gasteiger partial charge < -0.3 is 20.1 Å². The quantitative estimate of drug-likeness (QED) is 0.491. The van der Waals surface area contributed by atoms with Crippen LogP contribution in [0.1, 0.15) is 24.0 Å². The second-order valence-corrected chi connectivity index (χ2v) is 5.78. The lowest BCUT2D eigenvalue weighted by Crippen LogP contribution is -2.30. The topological polar surface area (TPSA) is 107 Å². The molecule has 4 N–H and O–H groups in total. The van der Waals surface area contributed by atoms with Crippen LogP contribution in [0.15, 0.2) is 40.3 Å². The number of fused-ring (bicyclic) bond motifs is 1. The number of allylic oxidation sites excluding steroid dienone is 1.